The normalized spacial score (nSPS) is 10.9. The first-order valence-electron chi connectivity index (χ1n) is 5.64. The van der Waals surface area contributed by atoms with E-state index in [4.69, 9.17) is 4.52 Å². The molecule has 18 heavy (non-hydrogen) atoms. The van der Waals surface area contributed by atoms with Gasteiger partial charge < -0.3 is 9.84 Å². The third-order valence-electron chi connectivity index (χ3n) is 2.80. The van der Waals surface area contributed by atoms with E-state index < -0.39 is 11.6 Å². The molecule has 0 amide bonds. The van der Waals surface area contributed by atoms with E-state index in [0.717, 1.165) is 23.1 Å². The van der Waals surface area contributed by atoms with Crippen molar-refractivity contribution in [3.8, 4) is 0 Å². The number of nitrogens with one attached hydrogen (secondary N) is 1. The molecule has 0 aliphatic heterocycles. The summed E-state index contributed by atoms with van der Waals surface area (Å²) in [6.45, 7) is 4.75. The van der Waals surface area contributed by atoms with Gasteiger partial charge >= 0.3 is 0 Å². The maximum atomic E-state index is 13.0. The van der Waals surface area contributed by atoms with Crippen molar-refractivity contribution in [2.75, 3.05) is 0 Å². The number of rotatable bonds is 4. The maximum absolute atomic E-state index is 13.0. The molecule has 0 unspecified atom stereocenters. The third kappa shape index (κ3) is 2.73. The van der Waals surface area contributed by atoms with Crippen LogP contribution in [0.3, 0.4) is 0 Å². The molecule has 1 N–H and O–H groups in total. The molecule has 96 valence electrons. The lowest BCUT2D eigenvalue weighted by molar-refractivity contribution is 0.392. The van der Waals surface area contributed by atoms with E-state index in [1.54, 1.807) is 6.07 Å². The minimum Gasteiger partial charge on any atom is -0.361 e. The second-order valence-electron chi connectivity index (χ2n) is 4.15. The van der Waals surface area contributed by atoms with Gasteiger partial charge in [-0.1, -0.05) is 11.2 Å². The van der Waals surface area contributed by atoms with Gasteiger partial charge in [0.05, 0.1) is 5.69 Å². The summed E-state index contributed by atoms with van der Waals surface area (Å²) in [6.07, 6.45) is 0. The summed E-state index contributed by atoms with van der Waals surface area (Å²) in [4.78, 5) is 0. The maximum Gasteiger partial charge on any atom is 0.159 e. The van der Waals surface area contributed by atoms with E-state index in [0.29, 0.717) is 18.7 Å². The molecule has 1 aromatic carbocycles. The van der Waals surface area contributed by atoms with Crippen LogP contribution in [0, 0.1) is 25.5 Å². The second kappa shape index (κ2) is 5.27. The molecule has 0 aliphatic carbocycles. The third-order valence-corrected chi connectivity index (χ3v) is 2.80. The largest absolute Gasteiger partial charge is 0.361 e. The first-order valence-corrected chi connectivity index (χ1v) is 5.64. The smallest absolute Gasteiger partial charge is 0.159 e. The van der Waals surface area contributed by atoms with Crippen LogP contribution >= 0.6 is 0 Å². The van der Waals surface area contributed by atoms with E-state index in [-0.39, 0.29) is 0 Å². The molecule has 0 saturated heterocycles. The van der Waals surface area contributed by atoms with Gasteiger partial charge in [0.1, 0.15) is 5.76 Å². The number of benzene rings is 1. The van der Waals surface area contributed by atoms with Gasteiger partial charge in [0.15, 0.2) is 11.6 Å². The molecule has 2 rings (SSSR count). The van der Waals surface area contributed by atoms with Gasteiger partial charge in [0.2, 0.25) is 0 Å². The summed E-state index contributed by atoms with van der Waals surface area (Å²) in [5.41, 5.74) is 2.53. The molecule has 0 atom stereocenters. The average Bonchev–Trinajstić information content (AvgIpc) is 2.65. The van der Waals surface area contributed by atoms with E-state index in [1.165, 1.54) is 6.07 Å². The molecule has 0 bridgehead atoms. The van der Waals surface area contributed by atoms with E-state index >= 15 is 0 Å². The Balaban J connectivity index is 1.94. The average molecular weight is 252 g/mol. The fourth-order valence-electron chi connectivity index (χ4n) is 1.74. The molecule has 1 heterocycles. The van der Waals surface area contributed by atoms with Gasteiger partial charge in [0, 0.05) is 18.7 Å². The van der Waals surface area contributed by atoms with E-state index in [1.807, 2.05) is 13.8 Å². The molecule has 1 aromatic heterocycles. The highest BCUT2D eigenvalue weighted by Crippen LogP contribution is 2.12. The lowest BCUT2D eigenvalue weighted by Gasteiger charge is -2.05. The second-order valence-corrected chi connectivity index (χ2v) is 4.15. The van der Waals surface area contributed by atoms with Gasteiger partial charge in [-0.3, -0.25) is 0 Å². The highest BCUT2D eigenvalue weighted by molar-refractivity contribution is 5.21. The fourth-order valence-corrected chi connectivity index (χ4v) is 1.74. The molecular weight excluding hydrogens is 238 g/mol. The fraction of sp³-hybridized carbons (Fsp3) is 0.308. The topological polar surface area (TPSA) is 38.1 Å². The molecule has 0 aliphatic rings. The van der Waals surface area contributed by atoms with Crippen LogP contribution in [0.25, 0.3) is 0 Å². The molecule has 5 heteroatoms. The van der Waals surface area contributed by atoms with Crippen LogP contribution in [-0.4, -0.2) is 5.16 Å². The number of aromatic nitrogens is 1. The molecule has 0 spiro atoms. The van der Waals surface area contributed by atoms with Crippen LogP contribution < -0.4 is 5.32 Å². The molecule has 3 nitrogen and oxygen atoms in total. The van der Waals surface area contributed by atoms with Crippen molar-refractivity contribution in [2.45, 2.75) is 26.9 Å². The Labute approximate surface area is 104 Å². The van der Waals surface area contributed by atoms with Gasteiger partial charge in [-0.25, -0.2) is 8.78 Å². The van der Waals surface area contributed by atoms with E-state index in [9.17, 15) is 8.78 Å². The van der Waals surface area contributed by atoms with Crippen molar-refractivity contribution >= 4 is 0 Å². The Hall–Kier alpha value is -1.75. The van der Waals surface area contributed by atoms with Crippen LogP contribution in [0.5, 0.6) is 0 Å². The Kier molecular flexibility index (Phi) is 3.72. The molecule has 0 saturated carbocycles. The number of hydrogen-bond acceptors (Lipinski definition) is 3. The first-order chi connectivity index (χ1) is 8.58. The van der Waals surface area contributed by atoms with Gasteiger partial charge in [-0.2, -0.15) is 0 Å². The van der Waals surface area contributed by atoms with Crippen molar-refractivity contribution in [1.29, 1.82) is 0 Å². The Morgan fingerprint density at radius 1 is 1.17 bits per heavy atom. The molecule has 0 fully saturated rings. The van der Waals surface area contributed by atoms with Crippen molar-refractivity contribution in [3.05, 3.63) is 52.4 Å². The van der Waals surface area contributed by atoms with Crippen molar-refractivity contribution in [1.82, 2.24) is 10.5 Å². The van der Waals surface area contributed by atoms with Gasteiger partial charge in [-0.05, 0) is 31.5 Å². The van der Waals surface area contributed by atoms with Crippen LogP contribution in [0.4, 0.5) is 8.78 Å². The number of aryl methyl sites for hydroxylation is 2. The summed E-state index contributed by atoms with van der Waals surface area (Å²) in [5.74, 6) is -0.888. The minimum atomic E-state index is -0.829. The summed E-state index contributed by atoms with van der Waals surface area (Å²) in [6, 6.07) is 3.87. The summed E-state index contributed by atoms with van der Waals surface area (Å²) < 4.78 is 30.7. The van der Waals surface area contributed by atoms with Gasteiger partial charge in [-0.15, -0.1) is 0 Å². The minimum absolute atomic E-state index is 0.460. The van der Waals surface area contributed by atoms with Crippen LogP contribution in [0.1, 0.15) is 22.6 Å². The first kappa shape index (κ1) is 12.7. The number of halogens is 2. The lowest BCUT2D eigenvalue weighted by Crippen LogP contribution is -2.13. The predicted molar refractivity (Wildman–Crippen MR) is 62.9 cm³/mol. The standard InChI is InChI=1S/C13H14F2N2O/c1-8-11(9(2)18-17-8)7-16-6-10-3-4-12(14)13(15)5-10/h3-5,16H,6-7H2,1-2H3. The van der Waals surface area contributed by atoms with Crippen LogP contribution in [-0.2, 0) is 13.1 Å². The van der Waals surface area contributed by atoms with Crippen molar-refractivity contribution in [3.63, 3.8) is 0 Å². The molecule has 2 aromatic rings. The summed E-state index contributed by atoms with van der Waals surface area (Å²) in [7, 11) is 0. The Bertz CT molecular complexity index is 532. The van der Waals surface area contributed by atoms with Gasteiger partial charge in [0.25, 0.3) is 0 Å². The number of hydrogen-bond donors (Lipinski definition) is 1. The lowest BCUT2D eigenvalue weighted by atomic mass is 10.2. The predicted octanol–water partition coefficient (Wildman–Crippen LogP) is 2.86. The highest BCUT2D eigenvalue weighted by Gasteiger charge is 2.08. The quantitative estimate of drug-likeness (QED) is 0.909. The summed E-state index contributed by atoms with van der Waals surface area (Å²) >= 11 is 0. The Morgan fingerprint density at radius 3 is 2.56 bits per heavy atom. The van der Waals surface area contributed by atoms with E-state index in [2.05, 4.69) is 10.5 Å². The van der Waals surface area contributed by atoms with Crippen LogP contribution in [0.2, 0.25) is 0 Å². The highest BCUT2D eigenvalue weighted by atomic mass is 19.2. The zero-order valence-electron chi connectivity index (χ0n) is 10.3. The molecule has 0 radical (unpaired) electrons. The van der Waals surface area contributed by atoms with Crippen molar-refractivity contribution in [2.24, 2.45) is 0 Å². The van der Waals surface area contributed by atoms with Crippen molar-refractivity contribution < 1.29 is 13.3 Å². The number of nitrogens with zero attached hydrogens (tertiary/aromatic N) is 1. The zero-order chi connectivity index (χ0) is 13.1. The SMILES string of the molecule is Cc1noc(C)c1CNCc1ccc(F)c(F)c1. The summed E-state index contributed by atoms with van der Waals surface area (Å²) in [5, 5.41) is 6.99. The Morgan fingerprint density at radius 2 is 1.94 bits per heavy atom. The monoisotopic (exact) mass is 252 g/mol. The molecular formula is C13H14F2N2O. The zero-order valence-corrected chi connectivity index (χ0v) is 10.3. The van der Waals surface area contributed by atoms with Crippen LogP contribution in [0.15, 0.2) is 22.7 Å².